The normalized spacial score (nSPS) is 15.4. The lowest BCUT2D eigenvalue weighted by atomic mass is 9.98. The van der Waals surface area contributed by atoms with Gasteiger partial charge >= 0.3 is 5.97 Å². The summed E-state index contributed by atoms with van der Waals surface area (Å²) in [5.41, 5.74) is 6.87. The van der Waals surface area contributed by atoms with Crippen LogP contribution in [0.2, 0.25) is 5.02 Å². The summed E-state index contributed by atoms with van der Waals surface area (Å²) in [6.45, 7) is -0.187. The van der Waals surface area contributed by atoms with Crippen LogP contribution in [0.4, 0.5) is 5.00 Å². The Kier molecular flexibility index (Phi) is 5.41. The number of rotatable bonds is 5. The second-order valence-electron chi connectivity index (χ2n) is 5.90. The van der Waals surface area contributed by atoms with Crippen molar-refractivity contribution in [3.05, 3.63) is 50.9 Å². The quantitative estimate of drug-likeness (QED) is 0.601. The fourth-order valence-corrected chi connectivity index (χ4v) is 4.60. The first kappa shape index (κ1) is 18.6. The minimum atomic E-state index is -0.386. The molecule has 1 aliphatic carbocycles. The van der Waals surface area contributed by atoms with E-state index in [9.17, 15) is 14.4 Å². The van der Waals surface area contributed by atoms with Crippen molar-refractivity contribution in [2.24, 2.45) is 11.7 Å². The fourth-order valence-electron chi connectivity index (χ4n) is 3.05. The highest BCUT2D eigenvalue weighted by Gasteiger charge is 2.36. The number of ether oxygens (including phenoxy) is 1. The molecular formula is C18H17ClN2O4S. The second kappa shape index (κ2) is 7.57. The molecule has 0 saturated carbocycles. The van der Waals surface area contributed by atoms with E-state index in [-0.39, 0.29) is 30.1 Å². The number of benzene rings is 1. The van der Waals surface area contributed by atoms with E-state index in [1.807, 2.05) is 0 Å². The van der Waals surface area contributed by atoms with Crippen LogP contribution in [0, 0.1) is 5.92 Å². The maximum absolute atomic E-state index is 13.1. The molecule has 0 radical (unpaired) electrons. The van der Waals surface area contributed by atoms with Gasteiger partial charge in [0, 0.05) is 10.4 Å². The molecule has 0 fully saturated rings. The number of halogens is 1. The van der Waals surface area contributed by atoms with Crippen molar-refractivity contribution in [3.8, 4) is 0 Å². The van der Waals surface area contributed by atoms with Crippen LogP contribution in [0.1, 0.15) is 26.4 Å². The molecule has 8 heteroatoms. The zero-order chi connectivity index (χ0) is 18.8. The SMILES string of the molecule is COC(=O)C1Cc2sc(NC(=O)CN)c(C(=O)c3ccccc3Cl)c2C1. The van der Waals surface area contributed by atoms with Crippen molar-refractivity contribution >= 4 is 45.6 Å². The summed E-state index contributed by atoms with van der Waals surface area (Å²) >= 11 is 7.47. The topological polar surface area (TPSA) is 98.5 Å². The molecule has 1 amide bonds. The average Bonchev–Trinajstić information content (AvgIpc) is 3.18. The first-order valence-electron chi connectivity index (χ1n) is 7.97. The molecule has 1 aromatic carbocycles. The number of amides is 1. The van der Waals surface area contributed by atoms with Crippen LogP contribution in [-0.2, 0) is 27.2 Å². The number of carbonyl (C=O) groups is 3. The standard InChI is InChI=1S/C18H17ClN2O4S/c1-25-18(24)9-6-11-13(7-9)26-17(21-14(22)8-20)15(11)16(23)10-4-2-3-5-12(10)19/h2-5,9H,6-8,20H2,1H3,(H,21,22). The molecule has 1 aliphatic rings. The van der Waals surface area contributed by atoms with E-state index in [1.165, 1.54) is 18.4 Å². The van der Waals surface area contributed by atoms with Gasteiger partial charge in [0.25, 0.3) is 0 Å². The van der Waals surface area contributed by atoms with Crippen molar-refractivity contribution in [3.63, 3.8) is 0 Å². The highest BCUT2D eigenvalue weighted by Crippen LogP contribution is 2.42. The lowest BCUT2D eigenvalue weighted by Gasteiger charge is -2.10. The Morgan fingerprint density at radius 2 is 2.04 bits per heavy atom. The van der Waals surface area contributed by atoms with Gasteiger partial charge in [-0.25, -0.2) is 0 Å². The number of anilines is 1. The highest BCUT2D eigenvalue weighted by atomic mass is 35.5. The van der Waals surface area contributed by atoms with E-state index in [2.05, 4.69) is 5.32 Å². The number of carbonyl (C=O) groups excluding carboxylic acids is 3. The Bertz CT molecular complexity index is 893. The third-order valence-electron chi connectivity index (χ3n) is 4.29. The lowest BCUT2D eigenvalue weighted by Crippen LogP contribution is -2.23. The van der Waals surface area contributed by atoms with Gasteiger partial charge in [-0.1, -0.05) is 23.7 Å². The van der Waals surface area contributed by atoms with Crippen LogP contribution < -0.4 is 11.1 Å². The second-order valence-corrected chi connectivity index (χ2v) is 7.41. The van der Waals surface area contributed by atoms with Crippen LogP contribution in [0.5, 0.6) is 0 Å². The first-order valence-corrected chi connectivity index (χ1v) is 9.17. The Labute approximate surface area is 159 Å². The molecule has 0 bridgehead atoms. The largest absolute Gasteiger partial charge is 0.469 e. The molecule has 1 atom stereocenters. The molecule has 0 spiro atoms. The van der Waals surface area contributed by atoms with Crippen LogP contribution in [-0.4, -0.2) is 31.3 Å². The minimum Gasteiger partial charge on any atom is -0.469 e. The highest BCUT2D eigenvalue weighted by molar-refractivity contribution is 7.17. The number of fused-ring (bicyclic) bond motifs is 1. The molecule has 0 aliphatic heterocycles. The molecule has 6 nitrogen and oxygen atoms in total. The molecule has 3 N–H and O–H groups in total. The number of hydrogen-bond acceptors (Lipinski definition) is 6. The molecule has 0 saturated heterocycles. The summed E-state index contributed by atoms with van der Waals surface area (Å²) in [5, 5.41) is 3.47. The summed E-state index contributed by atoms with van der Waals surface area (Å²) in [4.78, 5) is 37.7. The van der Waals surface area contributed by atoms with E-state index >= 15 is 0 Å². The molecule has 136 valence electrons. The minimum absolute atomic E-state index is 0.187. The third kappa shape index (κ3) is 3.38. The van der Waals surface area contributed by atoms with Crippen LogP contribution >= 0.6 is 22.9 Å². The van der Waals surface area contributed by atoms with Gasteiger partial charge in [0.1, 0.15) is 5.00 Å². The zero-order valence-corrected chi connectivity index (χ0v) is 15.6. The summed E-state index contributed by atoms with van der Waals surface area (Å²) in [7, 11) is 1.34. The summed E-state index contributed by atoms with van der Waals surface area (Å²) in [6, 6.07) is 6.73. The molecule has 1 aromatic heterocycles. The van der Waals surface area contributed by atoms with Crippen LogP contribution in [0.25, 0.3) is 0 Å². The van der Waals surface area contributed by atoms with Crippen molar-refractivity contribution in [1.29, 1.82) is 0 Å². The maximum Gasteiger partial charge on any atom is 0.309 e. The van der Waals surface area contributed by atoms with E-state index in [0.717, 1.165) is 10.4 Å². The number of methoxy groups -OCH3 is 1. The molecule has 1 heterocycles. The van der Waals surface area contributed by atoms with Crippen molar-refractivity contribution < 1.29 is 19.1 Å². The molecular weight excluding hydrogens is 376 g/mol. The Balaban J connectivity index is 2.05. The number of ketones is 1. The third-order valence-corrected chi connectivity index (χ3v) is 5.79. The van der Waals surface area contributed by atoms with Crippen molar-refractivity contribution in [2.75, 3.05) is 19.0 Å². The Morgan fingerprint density at radius 3 is 2.69 bits per heavy atom. The average molecular weight is 393 g/mol. The van der Waals surface area contributed by atoms with E-state index in [1.54, 1.807) is 24.3 Å². The van der Waals surface area contributed by atoms with Crippen molar-refractivity contribution in [2.45, 2.75) is 12.8 Å². The van der Waals surface area contributed by atoms with E-state index in [4.69, 9.17) is 22.1 Å². The van der Waals surface area contributed by atoms with Gasteiger partial charge in [-0.2, -0.15) is 0 Å². The van der Waals surface area contributed by atoms with Gasteiger partial charge in [-0.3, -0.25) is 14.4 Å². The number of hydrogen-bond donors (Lipinski definition) is 2. The number of esters is 1. The fraction of sp³-hybridized carbons (Fsp3) is 0.278. The summed E-state index contributed by atoms with van der Waals surface area (Å²) < 4.78 is 4.82. The van der Waals surface area contributed by atoms with Gasteiger partial charge in [-0.15, -0.1) is 11.3 Å². The Hall–Kier alpha value is -2.22. The van der Waals surface area contributed by atoms with Crippen molar-refractivity contribution in [1.82, 2.24) is 0 Å². The first-order chi connectivity index (χ1) is 12.5. The zero-order valence-electron chi connectivity index (χ0n) is 14.0. The molecule has 1 unspecified atom stereocenters. The van der Waals surface area contributed by atoms with Gasteiger partial charge in [-0.05, 0) is 30.5 Å². The van der Waals surface area contributed by atoms with Gasteiger partial charge in [0.15, 0.2) is 5.78 Å². The summed E-state index contributed by atoms with van der Waals surface area (Å²) in [6.07, 6.45) is 0.872. The van der Waals surface area contributed by atoms with E-state index in [0.29, 0.717) is 34.0 Å². The van der Waals surface area contributed by atoms with Crippen LogP contribution in [0.15, 0.2) is 24.3 Å². The van der Waals surface area contributed by atoms with E-state index < -0.39 is 0 Å². The van der Waals surface area contributed by atoms with Gasteiger partial charge in [0.2, 0.25) is 5.91 Å². The lowest BCUT2D eigenvalue weighted by molar-refractivity contribution is -0.145. The maximum atomic E-state index is 13.1. The molecule has 3 rings (SSSR count). The number of nitrogens with one attached hydrogen (secondary N) is 1. The number of thiophene rings is 1. The Morgan fingerprint density at radius 1 is 1.31 bits per heavy atom. The van der Waals surface area contributed by atoms with Gasteiger partial charge in [0.05, 0.1) is 30.2 Å². The monoisotopic (exact) mass is 392 g/mol. The van der Waals surface area contributed by atoms with Gasteiger partial charge < -0.3 is 15.8 Å². The molecule has 2 aromatic rings. The smallest absolute Gasteiger partial charge is 0.309 e. The molecule has 26 heavy (non-hydrogen) atoms. The predicted molar refractivity (Wildman–Crippen MR) is 99.8 cm³/mol. The summed E-state index contributed by atoms with van der Waals surface area (Å²) in [5.74, 6) is -1.30. The number of nitrogens with two attached hydrogens (primary N) is 1. The predicted octanol–water partition coefficient (Wildman–Crippen LogP) is 2.42. The van der Waals surface area contributed by atoms with Crippen LogP contribution in [0.3, 0.4) is 0 Å².